The number of rotatable bonds is 6. The minimum Gasteiger partial charge on any atom is -0.405 e. The van der Waals surface area contributed by atoms with Gasteiger partial charge in [0.15, 0.2) is 0 Å². The zero-order valence-corrected chi connectivity index (χ0v) is 12.3. The standard InChI is InChI=1S/C15H15F4N3O/c1-22(8-5-11-9-20-6-7-21-11)10-12-13(16)3-2-4-14(12)23-15(17,18)19/h2-4,6-7,9H,5,8,10H2,1H3. The van der Waals surface area contributed by atoms with Gasteiger partial charge in [0.05, 0.1) is 5.69 Å². The third-order valence-electron chi connectivity index (χ3n) is 3.10. The molecule has 0 saturated carbocycles. The molecule has 4 nitrogen and oxygen atoms in total. The second-order valence-electron chi connectivity index (χ2n) is 4.95. The van der Waals surface area contributed by atoms with E-state index in [2.05, 4.69) is 14.7 Å². The van der Waals surface area contributed by atoms with Crippen molar-refractivity contribution in [2.45, 2.75) is 19.3 Å². The molecule has 0 atom stereocenters. The van der Waals surface area contributed by atoms with Crippen LogP contribution in [0.1, 0.15) is 11.3 Å². The van der Waals surface area contributed by atoms with E-state index >= 15 is 0 Å². The van der Waals surface area contributed by atoms with Gasteiger partial charge in [-0.2, -0.15) is 0 Å². The van der Waals surface area contributed by atoms with E-state index < -0.39 is 17.9 Å². The molecular formula is C15H15F4N3O. The van der Waals surface area contributed by atoms with E-state index in [1.54, 1.807) is 30.5 Å². The maximum atomic E-state index is 13.9. The Bertz CT molecular complexity index is 634. The predicted molar refractivity (Wildman–Crippen MR) is 75.2 cm³/mol. The highest BCUT2D eigenvalue weighted by atomic mass is 19.4. The van der Waals surface area contributed by atoms with Crippen LogP contribution < -0.4 is 4.74 Å². The van der Waals surface area contributed by atoms with Gasteiger partial charge in [-0.1, -0.05) is 6.07 Å². The predicted octanol–water partition coefficient (Wildman–Crippen LogP) is 3.19. The van der Waals surface area contributed by atoms with Gasteiger partial charge in [-0.15, -0.1) is 13.2 Å². The first-order valence-corrected chi connectivity index (χ1v) is 6.82. The molecule has 8 heteroatoms. The normalized spacial score (nSPS) is 11.7. The molecule has 0 aliphatic carbocycles. The maximum Gasteiger partial charge on any atom is 0.573 e. The van der Waals surface area contributed by atoms with Crippen LogP contribution >= 0.6 is 0 Å². The number of benzene rings is 1. The van der Waals surface area contributed by atoms with Crippen molar-refractivity contribution >= 4 is 0 Å². The molecule has 124 valence electrons. The fraction of sp³-hybridized carbons (Fsp3) is 0.333. The Morgan fingerprint density at radius 1 is 1.22 bits per heavy atom. The number of ether oxygens (including phenoxy) is 1. The van der Waals surface area contributed by atoms with E-state index in [0.29, 0.717) is 13.0 Å². The summed E-state index contributed by atoms with van der Waals surface area (Å²) in [6, 6.07) is 3.39. The van der Waals surface area contributed by atoms with Crippen LogP contribution in [0.5, 0.6) is 5.75 Å². The molecule has 0 saturated heterocycles. The molecule has 0 radical (unpaired) electrons. The molecule has 0 N–H and O–H groups in total. The molecule has 0 fully saturated rings. The third kappa shape index (κ3) is 5.48. The highest BCUT2D eigenvalue weighted by molar-refractivity contribution is 5.34. The lowest BCUT2D eigenvalue weighted by atomic mass is 10.1. The smallest absolute Gasteiger partial charge is 0.405 e. The summed E-state index contributed by atoms with van der Waals surface area (Å²) in [7, 11) is 1.68. The Balaban J connectivity index is 2.03. The van der Waals surface area contributed by atoms with Crippen molar-refractivity contribution in [1.82, 2.24) is 14.9 Å². The average Bonchev–Trinajstić information content (AvgIpc) is 2.48. The monoisotopic (exact) mass is 329 g/mol. The first kappa shape index (κ1) is 17.1. The summed E-state index contributed by atoms with van der Waals surface area (Å²) in [6.07, 6.45) is 0.402. The van der Waals surface area contributed by atoms with Crippen LogP contribution in [-0.2, 0) is 13.0 Å². The molecule has 1 aromatic heterocycles. The molecular weight excluding hydrogens is 314 g/mol. The fourth-order valence-corrected chi connectivity index (χ4v) is 2.03. The second kappa shape index (κ2) is 7.36. The molecule has 0 aliphatic heterocycles. The largest absolute Gasteiger partial charge is 0.573 e. The van der Waals surface area contributed by atoms with Crippen LogP contribution in [0.25, 0.3) is 0 Å². The minimum absolute atomic E-state index is 0.0155. The van der Waals surface area contributed by atoms with Crippen molar-refractivity contribution in [3.8, 4) is 5.75 Å². The number of alkyl halides is 3. The molecule has 0 unspecified atom stereocenters. The molecule has 2 rings (SSSR count). The fourth-order valence-electron chi connectivity index (χ4n) is 2.03. The Labute approximate surface area is 130 Å². The molecule has 1 heterocycles. The van der Waals surface area contributed by atoms with Crippen molar-refractivity contribution in [3.63, 3.8) is 0 Å². The van der Waals surface area contributed by atoms with Gasteiger partial charge >= 0.3 is 6.36 Å². The van der Waals surface area contributed by atoms with Crippen LogP contribution in [0.2, 0.25) is 0 Å². The molecule has 1 aromatic carbocycles. The number of aromatic nitrogens is 2. The highest BCUT2D eigenvalue weighted by Crippen LogP contribution is 2.28. The molecule has 23 heavy (non-hydrogen) atoms. The van der Waals surface area contributed by atoms with Crippen molar-refractivity contribution in [2.75, 3.05) is 13.6 Å². The van der Waals surface area contributed by atoms with Crippen molar-refractivity contribution in [3.05, 3.63) is 53.9 Å². The number of likely N-dealkylation sites (N-methyl/N-ethyl adjacent to an activating group) is 1. The van der Waals surface area contributed by atoms with Crippen LogP contribution in [0.3, 0.4) is 0 Å². The quantitative estimate of drug-likeness (QED) is 0.763. The lowest BCUT2D eigenvalue weighted by molar-refractivity contribution is -0.275. The second-order valence-corrected chi connectivity index (χ2v) is 4.95. The van der Waals surface area contributed by atoms with E-state index in [1.807, 2.05) is 0 Å². The third-order valence-corrected chi connectivity index (χ3v) is 3.10. The van der Waals surface area contributed by atoms with Gasteiger partial charge in [0.2, 0.25) is 0 Å². The summed E-state index contributed by atoms with van der Waals surface area (Å²) in [5, 5.41) is 0. The van der Waals surface area contributed by atoms with Gasteiger partial charge in [0.25, 0.3) is 0 Å². The first-order valence-electron chi connectivity index (χ1n) is 6.82. The van der Waals surface area contributed by atoms with Gasteiger partial charge < -0.3 is 9.64 Å². The summed E-state index contributed by atoms with van der Waals surface area (Å²) < 4.78 is 54.9. The van der Waals surface area contributed by atoms with Crippen molar-refractivity contribution < 1.29 is 22.3 Å². The Morgan fingerprint density at radius 3 is 2.65 bits per heavy atom. The zero-order valence-electron chi connectivity index (χ0n) is 12.3. The van der Waals surface area contributed by atoms with E-state index in [4.69, 9.17) is 0 Å². The number of hydrogen-bond donors (Lipinski definition) is 0. The minimum atomic E-state index is -4.86. The molecule has 2 aromatic rings. The van der Waals surface area contributed by atoms with E-state index in [-0.39, 0.29) is 12.1 Å². The topological polar surface area (TPSA) is 38.2 Å². The molecule has 0 amide bonds. The van der Waals surface area contributed by atoms with Crippen molar-refractivity contribution in [1.29, 1.82) is 0 Å². The Morgan fingerprint density at radius 2 is 2.00 bits per heavy atom. The summed E-state index contributed by atoms with van der Waals surface area (Å²) in [5.74, 6) is -1.26. The van der Waals surface area contributed by atoms with Gasteiger partial charge in [-0.05, 0) is 19.2 Å². The SMILES string of the molecule is CN(CCc1cnccn1)Cc1c(F)cccc1OC(F)(F)F. The highest BCUT2D eigenvalue weighted by Gasteiger charge is 2.32. The Kier molecular flexibility index (Phi) is 5.49. The van der Waals surface area contributed by atoms with Crippen LogP contribution in [-0.4, -0.2) is 34.8 Å². The average molecular weight is 329 g/mol. The van der Waals surface area contributed by atoms with Gasteiger partial charge in [0, 0.05) is 43.7 Å². The summed E-state index contributed by atoms with van der Waals surface area (Å²) in [4.78, 5) is 9.72. The number of nitrogens with zero attached hydrogens (tertiary/aromatic N) is 3. The van der Waals surface area contributed by atoms with Crippen LogP contribution in [0.15, 0.2) is 36.8 Å². The Hall–Kier alpha value is -2.22. The van der Waals surface area contributed by atoms with Gasteiger partial charge in [-0.3, -0.25) is 9.97 Å². The van der Waals surface area contributed by atoms with Crippen molar-refractivity contribution in [2.24, 2.45) is 0 Å². The van der Waals surface area contributed by atoms with Crippen LogP contribution in [0, 0.1) is 5.82 Å². The van der Waals surface area contributed by atoms with E-state index in [9.17, 15) is 17.6 Å². The molecule has 0 bridgehead atoms. The summed E-state index contributed by atoms with van der Waals surface area (Å²) in [5.41, 5.74) is 0.617. The molecule has 0 aliphatic rings. The maximum absolute atomic E-state index is 13.9. The summed E-state index contributed by atoms with van der Waals surface area (Å²) in [6.45, 7) is 0.469. The zero-order chi connectivity index (χ0) is 16.9. The van der Waals surface area contributed by atoms with Gasteiger partial charge in [0.1, 0.15) is 11.6 Å². The molecule has 0 spiro atoms. The lowest BCUT2D eigenvalue weighted by Gasteiger charge is -2.19. The number of halogens is 4. The summed E-state index contributed by atoms with van der Waals surface area (Å²) >= 11 is 0. The van der Waals surface area contributed by atoms with Gasteiger partial charge in [-0.25, -0.2) is 4.39 Å². The first-order chi connectivity index (χ1) is 10.8. The van der Waals surface area contributed by atoms with E-state index in [1.165, 1.54) is 6.07 Å². The number of hydrogen-bond acceptors (Lipinski definition) is 4. The lowest BCUT2D eigenvalue weighted by Crippen LogP contribution is -2.24. The van der Waals surface area contributed by atoms with E-state index in [0.717, 1.165) is 17.8 Å². The van der Waals surface area contributed by atoms with Crippen LogP contribution in [0.4, 0.5) is 17.6 Å².